The summed E-state index contributed by atoms with van der Waals surface area (Å²) in [5, 5.41) is 19.0. The van der Waals surface area contributed by atoms with Crippen LogP contribution >= 0.6 is 23.4 Å². The summed E-state index contributed by atoms with van der Waals surface area (Å²) < 4.78 is 0. The molecule has 0 unspecified atom stereocenters. The molecule has 0 aliphatic rings. The van der Waals surface area contributed by atoms with Crippen LogP contribution in [-0.4, -0.2) is 16.1 Å². The Bertz CT molecular complexity index is 681. The van der Waals surface area contributed by atoms with Crippen LogP contribution in [0.1, 0.15) is 21.6 Å². The Morgan fingerprint density at radius 2 is 2.00 bits per heavy atom. The summed E-state index contributed by atoms with van der Waals surface area (Å²) in [6.45, 7) is 0. The highest BCUT2D eigenvalue weighted by Crippen LogP contribution is 2.25. The highest BCUT2D eigenvalue weighted by atomic mass is 35.5. The molecule has 1 aromatic carbocycles. The molecule has 0 spiro atoms. The van der Waals surface area contributed by atoms with Gasteiger partial charge in [0.25, 0.3) is 0 Å². The van der Waals surface area contributed by atoms with Crippen molar-refractivity contribution in [3.8, 4) is 6.07 Å². The van der Waals surface area contributed by atoms with Crippen LogP contribution in [0.25, 0.3) is 0 Å². The molecule has 6 heteroatoms. The number of aromatic nitrogens is 1. The molecule has 1 aromatic heterocycles. The van der Waals surface area contributed by atoms with Gasteiger partial charge >= 0.3 is 5.97 Å². The first-order valence-corrected chi connectivity index (χ1v) is 6.98. The number of hydrogen-bond donors (Lipinski definition) is 1. The second-order valence-corrected chi connectivity index (χ2v) is 5.28. The third-order valence-corrected chi connectivity index (χ3v) is 3.80. The first-order chi connectivity index (χ1) is 9.60. The lowest BCUT2D eigenvalue weighted by Gasteiger charge is -2.04. The monoisotopic (exact) mass is 304 g/mol. The highest BCUT2D eigenvalue weighted by Gasteiger charge is 2.11. The van der Waals surface area contributed by atoms with Crippen molar-refractivity contribution in [1.82, 2.24) is 4.98 Å². The van der Waals surface area contributed by atoms with Crippen LogP contribution in [-0.2, 0) is 5.75 Å². The molecule has 1 heterocycles. The van der Waals surface area contributed by atoms with Crippen LogP contribution in [0.15, 0.2) is 41.4 Å². The number of pyridine rings is 1. The van der Waals surface area contributed by atoms with Gasteiger partial charge in [-0.2, -0.15) is 5.26 Å². The van der Waals surface area contributed by atoms with Crippen molar-refractivity contribution in [3.05, 3.63) is 58.2 Å². The van der Waals surface area contributed by atoms with Gasteiger partial charge in [0.1, 0.15) is 16.8 Å². The topological polar surface area (TPSA) is 74.0 Å². The number of carbonyl (C=O) groups is 1. The van der Waals surface area contributed by atoms with Gasteiger partial charge in [0, 0.05) is 10.8 Å². The summed E-state index contributed by atoms with van der Waals surface area (Å²) in [7, 11) is 0. The van der Waals surface area contributed by atoms with Gasteiger partial charge in [-0.15, -0.1) is 11.8 Å². The maximum Gasteiger partial charge on any atom is 0.354 e. The molecule has 2 rings (SSSR count). The Labute approximate surface area is 125 Å². The van der Waals surface area contributed by atoms with Crippen molar-refractivity contribution in [3.63, 3.8) is 0 Å². The van der Waals surface area contributed by atoms with Crippen LogP contribution in [0.4, 0.5) is 0 Å². The molecular weight excluding hydrogens is 296 g/mol. The first-order valence-electron chi connectivity index (χ1n) is 5.62. The number of nitriles is 1. The molecule has 0 radical (unpaired) electrons. The Balaban J connectivity index is 2.19. The maximum absolute atomic E-state index is 10.9. The number of aromatic carboxylic acids is 1. The Morgan fingerprint density at radius 3 is 2.60 bits per heavy atom. The molecule has 20 heavy (non-hydrogen) atoms. The third kappa shape index (κ3) is 3.50. The van der Waals surface area contributed by atoms with Crippen molar-refractivity contribution in [2.24, 2.45) is 0 Å². The van der Waals surface area contributed by atoms with E-state index in [0.29, 0.717) is 21.4 Å². The lowest BCUT2D eigenvalue weighted by molar-refractivity contribution is 0.0689. The van der Waals surface area contributed by atoms with Gasteiger partial charge in [-0.05, 0) is 29.8 Å². The minimum absolute atomic E-state index is 0.0670. The largest absolute Gasteiger partial charge is 0.477 e. The third-order valence-electron chi connectivity index (χ3n) is 2.49. The molecule has 0 saturated heterocycles. The lowest BCUT2D eigenvalue weighted by atomic mass is 10.2. The summed E-state index contributed by atoms with van der Waals surface area (Å²) in [4.78, 5) is 14.9. The zero-order valence-corrected chi connectivity index (χ0v) is 11.8. The number of nitrogens with zero attached hydrogens (tertiary/aromatic N) is 2. The Kier molecular flexibility index (Phi) is 4.61. The Hall–Kier alpha value is -2.03. The van der Waals surface area contributed by atoms with Crippen LogP contribution in [0.5, 0.6) is 0 Å². The Morgan fingerprint density at radius 1 is 1.30 bits per heavy atom. The second kappa shape index (κ2) is 6.42. The number of carboxylic acid groups (broad SMARTS) is 1. The number of hydrogen-bond acceptors (Lipinski definition) is 4. The van der Waals surface area contributed by atoms with Gasteiger partial charge in [0.15, 0.2) is 0 Å². The predicted octanol–water partition coefficient (Wildman–Crippen LogP) is 3.60. The van der Waals surface area contributed by atoms with Gasteiger partial charge in [-0.3, -0.25) is 0 Å². The van der Waals surface area contributed by atoms with Gasteiger partial charge in [0.05, 0.1) is 5.56 Å². The fraction of sp³-hybridized carbons (Fsp3) is 0.0714. The summed E-state index contributed by atoms with van der Waals surface area (Å²) in [6, 6.07) is 12.1. The minimum Gasteiger partial charge on any atom is -0.477 e. The number of carboxylic acids is 1. The van der Waals surface area contributed by atoms with Crippen molar-refractivity contribution >= 4 is 29.3 Å². The van der Waals surface area contributed by atoms with Gasteiger partial charge in [-0.1, -0.05) is 23.7 Å². The first kappa shape index (κ1) is 14.4. The van der Waals surface area contributed by atoms with Gasteiger partial charge < -0.3 is 5.11 Å². The van der Waals surface area contributed by atoms with Crippen molar-refractivity contribution in [2.45, 2.75) is 10.8 Å². The molecule has 0 aliphatic heterocycles. The average Bonchev–Trinajstić information content (AvgIpc) is 2.46. The SMILES string of the molecule is N#Cc1ccc(C(=O)O)nc1SCc1ccc(Cl)cc1. The molecular formula is C14H9ClN2O2S. The predicted molar refractivity (Wildman–Crippen MR) is 76.9 cm³/mol. The molecule has 0 atom stereocenters. The van der Waals surface area contributed by atoms with Gasteiger partial charge in [-0.25, -0.2) is 9.78 Å². The van der Waals surface area contributed by atoms with Crippen LogP contribution in [0.2, 0.25) is 5.02 Å². The molecule has 2 aromatic rings. The quantitative estimate of drug-likeness (QED) is 0.874. The van der Waals surface area contributed by atoms with Crippen LogP contribution in [0, 0.1) is 11.3 Å². The summed E-state index contributed by atoms with van der Waals surface area (Å²) in [5.41, 5.74) is 1.32. The summed E-state index contributed by atoms with van der Waals surface area (Å²) in [6.07, 6.45) is 0. The second-order valence-electron chi connectivity index (χ2n) is 3.88. The van der Waals surface area contributed by atoms with Crippen LogP contribution < -0.4 is 0 Å². The number of rotatable bonds is 4. The molecule has 0 saturated carbocycles. The standard InChI is InChI=1S/C14H9ClN2O2S/c15-11-4-1-9(2-5-11)8-20-13-10(7-16)3-6-12(17-13)14(18)19/h1-6H,8H2,(H,18,19). The fourth-order valence-corrected chi connectivity index (χ4v) is 2.54. The molecule has 0 amide bonds. The van der Waals surface area contributed by atoms with E-state index in [-0.39, 0.29) is 5.69 Å². The van der Waals surface area contributed by atoms with E-state index in [1.807, 2.05) is 18.2 Å². The van der Waals surface area contributed by atoms with E-state index >= 15 is 0 Å². The molecule has 100 valence electrons. The zero-order chi connectivity index (χ0) is 14.5. The highest BCUT2D eigenvalue weighted by molar-refractivity contribution is 7.98. The van der Waals surface area contributed by atoms with E-state index in [4.69, 9.17) is 22.0 Å². The van der Waals surface area contributed by atoms with Gasteiger partial charge in [0.2, 0.25) is 0 Å². The zero-order valence-electron chi connectivity index (χ0n) is 10.2. The van der Waals surface area contributed by atoms with E-state index in [1.165, 1.54) is 23.9 Å². The summed E-state index contributed by atoms with van der Waals surface area (Å²) in [5.74, 6) is -0.523. The fourth-order valence-electron chi connectivity index (χ4n) is 1.49. The van der Waals surface area contributed by atoms with E-state index in [9.17, 15) is 4.79 Å². The van der Waals surface area contributed by atoms with E-state index in [0.717, 1.165) is 5.56 Å². The van der Waals surface area contributed by atoms with Crippen LogP contribution in [0.3, 0.4) is 0 Å². The van der Waals surface area contributed by atoms with Crippen molar-refractivity contribution < 1.29 is 9.90 Å². The number of thioether (sulfide) groups is 1. The molecule has 0 aliphatic carbocycles. The van der Waals surface area contributed by atoms with E-state index in [2.05, 4.69) is 4.98 Å². The average molecular weight is 305 g/mol. The maximum atomic E-state index is 10.9. The molecule has 0 bridgehead atoms. The molecule has 1 N–H and O–H groups in total. The normalized spacial score (nSPS) is 10.0. The number of halogens is 1. The molecule has 4 nitrogen and oxygen atoms in total. The smallest absolute Gasteiger partial charge is 0.354 e. The number of benzene rings is 1. The van der Waals surface area contributed by atoms with E-state index < -0.39 is 5.97 Å². The lowest BCUT2D eigenvalue weighted by Crippen LogP contribution is -2.02. The van der Waals surface area contributed by atoms with Crippen molar-refractivity contribution in [1.29, 1.82) is 5.26 Å². The van der Waals surface area contributed by atoms with E-state index in [1.54, 1.807) is 12.1 Å². The minimum atomic E-state index is -1.11. The molecule has 0 fully saturated rings. The van der Waals surface area contributed by atoms with Crippen molar-refractivity contribution in [2.75, 3.05) is 0 Å². The summed E-state index contributed by atoms with van der Waals surface area (Å²) >= 11 is 7.13.